The van der Waals surface area contributed by atoms with Gasteiger partial charge in [0, 0.05) is 19.0 Å². The first-order chi connectivity index (χ1) is 10.0. The lowest BCUT2D eigenvalue weighted by atomic mass is 10.0. The third kappa shape index (κ3) is 4.45. The van der Waals surface area contributed by atoms with Gasteiger partial charge in [0.15, 0.2) is 0 Å². The lowest BCUT2D eigenvalue weighted by molar-refractivity contribution is -0.137. The summed E-state index contributed by atoms with van der Waals surface area (Å²) in [6, 6.07) is 15.4. The highest BCUT2D eigenvalue weighted by Crippen LogP contribution is 2.23. The highest BCUT2D eigenvalue weighted by atomic mass is 16.4. The molecule has 0 aromatic heterocycles. The van der Waals surface area contributed by atoms with Crippen LogP contribution >= 0.6 is 0 Å². The van der Waals surface area contributed by atoms with Crippen LogP contribution in [0.2, 0.25) is 0 Å². The Labute approximate surface area is 123 Å². The van der Waals surface area contributed by atoms with E-state index in [2.05, 4.69) is 5.32 Å². The number of benzene rings is 2. The number of nitrogens with one attached hydrogen (secondary N) is 1. The lowest BCUT2D eigenvalue weighted by Gasteiger charge is -2.07. The van der Waals surface area contributed by atoms with Gasteiger partial charge in [-0.1, -0.05) is 36.4 Å². The van der Waals surface area contributed by atoms with E-state index in [0.717, 1.165) is 22.4 Å². The summed E-state index contributed by atoms with van der Waals surface area (Å²) >= 11 is 0. The SMILES string of the molecule is CC(=O)Nc1cccc(-c2ccc(CCC(=O)O)cc2)c1. The molecule has 0 aliphatic carbocycles. The number of anilines is 1. The second-order valence-corrected chi connectivity index (χ2v) is 4.85. The summed E-state index contributed by atoms with van der Waals surface area (Å²) in [6.45, 7) is 1.48. The fourth-order valence-corrected chi connectivity index (χ4v) is 2.09. The molecule has 2 rings (SSSR count). The first kappa shape index (κ1) is 14.8. The van der Waals surface area contributed by atoms with Gasteiger partial charge in [-0.2, -0.15) is 0 Å². The van der Waals surface area contributed by atoms with Crippen LogP contribution in [0.4, 0.5) is 5.69 Å². The lowest BCUT2D eigenvalue weighted by Crippen LogP contribution is -2.05. The van der Waals surface area contributed by atoms with Crippen LogP contribution < -0.4 is 5.32 Å². The van der Waals surface area contributed by atoms with Gasteiger partial charge in [-0.05, 0) is 35.2 Å². The summed E-state index contributed by atoms with van der Waals surface area (Å²) < 4.78 is 0. The molecule has 0 unspecified atom stereocenters. The third-order valence-electron chi connectivity index (χ3n) is 3.10. The molecule has 21 heavy (non-hydrogen) atoms. The van der Waals surface area contributed by atoms with E-state index in [1.165, 1.54) is 6.92 Å². The predicted octanol–water partition coefficient (Wildman–Crippen LogP) is 3.33. The number of carbonyl (C=O) groups excluding carboxylic acids is 1. The minimum Gasteiger partial charge on any atom is -0.481 e. The Morgan fingerprint density at radius 1 is 1.05 bits per heavy atom. The molecule has 0 heterocycles. The van der Waals surface area contributed by atoms with Gasteiger partial charge in [-0.3, -0.25) is 9.59 Å². The molecule has 0 saturated heterocycles. The molecule has 0 aliphatic heterocycles. The number of hydrogen-bond acceptors (Lipinski definition) is 2. The molecule has 2 N–H and O–H groups in total. The van der Waals surface area contributed by atoms with Gasteiger partial charge in [0.05, 0.1) is 0 Å². The Hall–Kier alpha value is -2.62. The van der Waals surface area contributed by atoms with E-state index in [1.807, 2.05) is 48.5 Å². The monoisotopic (exact) mass is 283 g/mol. The maximum absolute atomic E-state index is 11.1. The van der Waals surface area contributed by atoms with Crippen molar-refractivity contribution in [2.24, 2.45) is 0 Å². The van der Waals surface area contributed by atoms with Crippen LogP contribution in [0.25, 0.3) is 11.1 Å². The number of hydrogen-bond donors (Lipinski definition) is 2. The molecule has 0 saturated carbocycles. The first-order valence-corrected chi connectivity index (χ1v) is 6.73. The molecule has 2 aromatic rings. The van der Waals surface area contributed by atoms with Gasteiger partial charge >= 0.3 is 5.97 Å². The van der Waals surface area contributed by atoms with E-state index < -0.39 is 5.97 Å². The summed E-state index contributed by atoms with van der Waals surface area (Å²) in [5.41, 5.74) is 3.79. The van der Waals surface area contributed by atoms with E-state index in [9.17, 15) is 9.59 Å². The Bertz CT molecular complexity index is 647. The third-order valence-corrected chi connectivity index (χ3v) is 3.10. The molecule has 4 nitrogen and oxygen atoms in total. The van der Waals surface area contributed by atoms with Crippen molar-refractivity contribution < 1.29 is 14.7 Å². The summed E-state index contributed by atoms with van der Waals surface area (Å²) in [7, 11) is 0. The van der Waals surface area contributed by atoms with Crippen molar-refractivity contribution in [2.75, 3.05) is 5.32 Å². The topological polar surface area (TPSA) is 66.4 Å². The number of aliphatic carboxylic acids is 1. The zero-order valence-corrected chi connectivity index (χ0v) is 11.8. The highest BCUT2D eigenvalue weighted by Gasteiger charge is 2.02. The van der Waals surface area contributed by atoms with Crippen molar-refractivity contribution >= 4 is 17.6 Å². The fourth-order valence-electron chi connectivity index (χ4n) is 2.09. The molecule has 0 spiro atoms. The first-order valence-electron chi connectivity index (χ1n) is 6.73. The summed E-state index contributed by atoms with van der Waals surface area (Å²) in [4.78, 5) is 21.6. The second kappa shape index (κ2) is 6.70. The minimum absolute atomic E-state index is 0.101. The number of carboxylic acid groups (broad SMARTS) is 1. The number of rotatable bonds is 5. The van der Waals surface area contributed by atoms with Crippen molar-refractivity contribution in [1.82, 2.24) is 0 Å². The maximum atomic E-state index is 11.1. The van der Waals surface area contributed by atoms with Crippen LogP contribution in [0.5, 0.6) is 0 Å². The van der Waals surface area contributed by atoms with Crippen molar-refractivity contribution in [3.63, 3.8) is 0 Å². The normalized spacial score (nSPS) is 10.1. The molecule has 1 amide bonds. The molecule has 4 heteroatoms. The number of aryl methyl sites for hydroxylation is 1. The average Bonchev–Trinajstić information content (AvgIpc) is 2.45. The maximum Gasteiger partial charge on any atom is 0.303 e. The molecular formula is C17H17NO3. The van der Waals surface area contributed by atoms with E-state index in [0.29, 0.717) is 6.42 Å². The van der Waals surface area contributed by atoms with Crippen LogP contribution in [0, 0.1) is 0 Å². The summed E-state index contributed by atoms with van der Waals surface area (Å²) in [6.07, 6.45) is 0.666. The Morgan fingerprint density at radius 3 is 2.38 bits per heavy atom. The molecule has 0 aliphatic rings. The molecule has 108 valence electrons. The Morgan fingerprint density at radius 2 is 1.76 bits per heavy atom. The summed E-state index contributed by atoms with van der Waals surface area (Å²) in [5.74, 6) is -0.891. The van der Waals surface area contributed by atoms with Gasteiger partial charge in [0.1, 0.15) is 0 Å². The molecule has 0 radical (unpaired) electrons. The number of carbonyl (C=O) groups is 2. The largest absolute Gasteiger partial charge is 0.481 e. The molecule has 0 fully saturated rings. The fraction of sp³-hybridized carbons (Fsp3) is 0.176. The number of amides is 1. The zero-order valence-electron chi connectivity index (χ0n) is 11.8. The van der Waals surface area contributed by atoms with Gasteiger partial charge in [0.25, 0.3) is 0 Å². The van der Waals surface area contributed by atoms with Gasteiger partial charge in [-0.15, -0.1) is 0 Å². The molecular weight excluding hydrogens is 266 g/mol. The molecule has 0 bridgehead atoms. The zero-order chi connectivity index (χ0) is 15.2. The molecule has 0 atom stereocenters. The van der Waals surface area contributed by atoms with Crippen LogP contribution in [-0.2, 0) is 16.0 Å². The Balaban J connectivity index is 2.14. The van der Waals surface area contributed by atoms with E-state index in [1.54, 1.807) is 0 Å². The molecule has 2 aromatic carbocycles. The Kier molecular flexibility index (Phi) is 4.72. The van der Waals surface area contributed by atoms with Crippen molar-refractivity contribution in [1.29, 1.82) is 0 Å². The van der Waals surface area contributed by atoms with Crippen LogP contribution in [0.1, 0.15) is 18.9 Å². The standard InChI is InChI=1S/C17H17NO3/c1-12(19)18-16-4-2-3-15(11-16)14-8-5-13(6-9-14)7-10-17(20)21/h2-6,8-9,11H,7,10H2,1H3,(H,18,19)(H,20,21). The van der Waals surface area contributed by atoms with E-state index in [-0.39, 0.29) is 12.3 Å². The van der Waals surface area contributed by atoms with E-state index in [4.69, 9.17) is 5.11 Å². The van der Waals surface area contributed by atoms with Crippen LogP contribution in [-0.4, -0.2) is 17.0 Å². The average molecular weight is 283 g/mol. The minimum atomic E-state index is -0.790. The van der Waals surface area contributed by atoms with Gasteiger partial charge in [-0.25, -0.2) is 0 Å². The van der Waals surface area contributed by atoms with Crippen molar-refractivity contribution in [3.05, 3.63) is 54.1 Å². The number of carboxylic acids is 1. The van der Waals surface area contributed by atoms with Crippen molar-refractivity contribution in [2.45, 2.75) is 19.8 Å². The van der Waals surface area contributed by atoms with Crippen molar-refractivity contribution in [3.8, 4) is 11.1 Å². The van der Waals surface area contributed by atoms with Gasteiger partial charge < -0.3 is 10.4 Å². The predicted molar refractivity (Wildman–Crippen MR) is 82.1 cm³/mol. The quantitative estimate of drug-likeness (QED) is 0.884. The summed E-state index contributed by atoms with van der Waals surface area (Å²) in [5, 5.41) is 11.4. The highest BCUT2D eigenvalue weighted by molar-refractivity contribution is 5.89. The van der Waals surface area contributed by atoms with Crippen LogP contribution in [0.15, 0.2) is 48.5 Å². The van der Waals surface area contributed by atoms with Crippen LogP contribution in [0.3, 0.4) is 0 Å². The second-order valence-electron chi connectivity index (χ2n) is 4.85. The van der Waals surface area contributed by atoms with E-state index >= 15 is 0 Å². The smallest absolute Gasteiger partial charge is 0.303 e. The van der Waals surface area contributed by atoms with Gasteiger partial charge in [0.2, 0.25) is 5.91 Å².